The molecule has 0 unspecified atom stereocenters. The molecule has 4 nitrogen and oxygen atoms in total. The van der Waals surface area contributed by atoms with Gasteiger partial charge in [0.1, 0.15) is 0 Å². The smallest absolute Gasteiger partial charge is 0.252 e. The van der Waals surface area contributed by atoms with Gasteiger partial charge in [-0.1, -0.05) is 255 Å². The summed E-state index contributed by atoms with van der Waals surface area (Å²) in [6, 6.07) is 111. The zero-order valence-electron chi connectivity index (χ0n) is 50.2. The Kier molecular flexibility index (Phi) is 9.85. The Bertz CT molecular complexity index is 5230. The summed E-state index contributed by atoms with van der Waals surface area (Å²) in [7, 11) is 0. The molecule has 0 saturated carbocycles. The van der Waals surface area contributed by atoms with Crippen molar-refractivity contribution in [2.75, 3.05) is 32.5 Å². The standard InChI is InChI=1S/C84H52B4N4/c1-7-19-51(20-8-1)57-33-39-71-63(43-57)85-49-89-69-37-31-59(53-23-11-3-12-24-53)45-65(69)88-68-48-62(56-29-17-6-18-30-56)36-42-74(68)92-72-40-34-58(52-21-9-2-10-22-52)44-64(72)86-50-90-70-38-32-60(54-25-13-4-14-26-54)46-66(70)87-67-47-61(55-27-15-5-16-28-55)35-41-73(67)91(71)83-77(85)75-76(82(90)79(83)87)78(86)84(92)80(88)81(75)89/h1-48H,49-50H2. The van der Waals surface area contributed by atoms with Crippen LogP contribution in [-0.4, -0.2) is 39.7 Å². The van der Waals surface area contributed by atoms with Crippen LogP contribution in [0, 0.1) is 0 Å². The van der Waals surface area contributed by atoms with Gasteiger partial charge in [0.05, 0.1) is 0 Å². The van der Waals surface area contributed by atoms with E-state index in [0.717, 1.165) is 12.9 Å². The summed E-state index contributed by atoms with van der Waals surface area (Å²) in [5, 5.41) is 2.86. The van der Waals surface area contributed by atoms with Crippen LogP contribution in [0.15, 0.2) is 291 Å². The molecule has 22 rings (SSSR count). The molecule has 420 valence electrons. The fraction of sp³-hybridized carbons (Fsp3) is 0.0238. The van der Waals surface area contributed by atoms with Crippen LogP contribution in [0.2, 0.25) is 0 Å². The predicted molar refractivity (Wildman–Crippen MR) is 392 cm³/mol. The Morgan fingerprint density at radius 1 is 0.207 bits per heavy atom. The van der Waals surface area contributed by atoms with E-state index in [4.69, 9.17) is 0 Å². The Hall–Kier alpha value is -11.2. The van der Waals surface area contributed by atoms with E-state index in [0.29, 0.717) is 0 Å². The summed E-state index contributed by atoms with van der Waals surface area (Å²) in [6.45, 7) is -0.0849. The van der Waals surface area contributed by atoms with Crippen molar-refractivity contribution in [1.29, 1.82) is 0 Å². The highest BCUT2D eigenvalue weighted by Crippen LogP contribution is 2.55. The van der Waals surface area contributed by atoms with Crippen molar-refractivity contribution in [3.63, 3.8) is 0 Å². The van der Waals surface area contributed by atoms with Gasteiger partial charge in [-0.05, 0) is 158 Å². The van der Waals surface area contributed by atoms with Gasteiger partial charge in [-0.2, -0.15) is 0 Å². The minimum atomic E-state index is -0.0656. The van der Waals surface area contributed by atoms with E-state index in [9.17, 15) is 0 Å². The minimum absolute atomic E-state index is 0.0232. The van der Waals surface area contributed by atoms with Crippen LogP contribution in [0.3, 0.4) is 0 Å². The summed E-state index contributed by atoms with van der Waals surface area (Å²) < 4.78 is 0. The molecule has 8 heteroatoms. The first kappa shape index (κ1) is 49.7. The quantitative estimate of drug-likeness (QED) is 0.154. The summed E-state index contributed by atoms with van der Waals surface area (Å²) >= 11 is 0. The molecule has 0 bridgehead atoms. The first-order valence-electron chi connectivity index (χ1n) is 32.7. The second-order valence-corrected chi connectivity index (χ2v) is 26.5. The SMILES string of the molecule is c1ccc(-c2ccc3c(c2)B2c4cc(-c5ccccc5)ccc4N4c5ccc(-c6ccccc6)cc5B5CN6c7ccc(-c8ccccc8)cc7B7c8cc(-c9ccccc9)ccc8N8c9ccc(-c%10ccccc%10)cc9B9CN3c3c2c4c5c2c6c7c8c9c32)cc1. The van der Waals surface area contributed by atoms with Gasteiger partial charge >= 0.3 is 0 Å². The number of fused-ring (bicyclic) bond motifs is 18. The number of rotatable bonds is 6. The van der Waals surface area contributed by atoms with E-state index in [2.05, 4.69) is 311 Å². The largest absolute Gasteiger partial charge is 0.349 e. The lowest BCUT2D eigenvalue weighted by atomic mass is 9.26. The lowest BCUT2D eigenvalue weighted by Gasteiger charge is -2.56. The maximum absolute atomic E-state index is 2.84. The molecule has 0 spiro atoms. The van der Waals surface area contributed by atoms with Gasteiger partial charge in [0.15, 0.2) is 0 Å². The molecular weight excluding hydrogens is 1110 g/mol. The number of nitrogens with zero attached hydrogens (tertiary/aromatic N) is 4. The molecule has 14 aromatic carbocycles. The fourth-order valence-electron chi connectivity index (χ4n) is 18.4. The Morgan fingerprint density at radius 3 is 0.728 bits per heavy atom. The summed E-state index contributed by atoms with van der Waals surface area (Å²) in [4.78, 5) is 11.2. The van der Waals surface area contributed by atoms with Crippen LogP contribution >= 0.6 is 0 Å². The van der Waals surface area contributed by atoms with Crippen molar-refractivity contribution in [2.45, 2.75) is 0 Å². The van der Waals surface area contributed by atoms with Gasteiger partial charge in [-0.15, -0.1) is 0 Å². The molecule has 0 N–H and O–H groups in total. The molecule has 92 heavy (non-hydrogen) atoms. The Labute approximate surface area is 536 Å². The zero-order valence-corrected chi connectivity index (χ0v) is 50.2. The topological polar surface area (TPSA) is 13.0 Å². The second-order valence-electron chi connectivity index (χ2n) is 26.5. The van der Waals surface area contributed by atoms with E-state index >= 15 is 0 Å². The van der Waals surface area contributed by atoms with Crippen molar-refractivity contribution in [1.82, 2.24) is 0 Å². The van der Waals surface area contributed by atoms with E-state index in [1.54, 1.807) is 0 Å². The molecule has 8 heterocycles. The van der Waals surface area contributed by atoms with Crippen molar-refractivity contribution in [3.05, 3.63) is 291 Å². The van der Waals surface area contributed by atoms with Crippen molar-refractivity contribution < 1.29 is 0 Å². The molecule has 0 radical (unpaired) electrons. The number of benzene rings is 14. The molecule has 14 aromatic rings. The van der Waals surface area contributed by atoms with Crippen LogP contribution in [0.1, 0.15) is 0 Å². The van der Waals surface area contributed by atoms with Crippen LogP contribution in [0.4, 0.5) is 56.9 Å². The van der Waals surface area contributed by atoms with Gasteiger partial charge in [0.2, 0.25) is 13.4 Å². The van der Waals surface area contributed by atoms with Gasteiger partial charge in [-0.3, -0.25) is 0 Å². The average Bonchev–Trinajstić information content (AvgIpc) is 0.642. The molecule has 0 saturated heterocycles. The highest BCUT2D eigenvalue weighted by Gasteiger charge is 2.58. The maximum atomic E-state index is 2.84. The van der Waals surface area contributed by atoms with Crippen LogP contribution in [-0.2, 0) is 0 Å². The second kappa shape index (κ2) is 18.2. The third-order valence-corrected chi connectivity index (χ3v) is 22.1. The van der Waals surface area contributed by atoms with Crippen LogP contribution < -0.4 is 74.2 Å². The van der Waals surface area contributed by atoms with Gasteiger partial charge in [-0.25, -0.2) is 0 Å². The first-order chi connectivity index (χ1) is 45.7. The molecule has 0 aromatic heterocycles. The maximum Gasteiger partial charge on any atom is 0.252 e. The molecule has 0 amide bonds. The highest BCUT2D eigenvalue weighted by atomic mass is 15.2. The predicted octanol–water partition coefficient (Wildman–Crippen LogP) is 13.3. The van der Waals surface area contributed by atoms with Gasteiger partial charge in [0, 0.05) is 80.5 Å². The lowest BCUT2D eigenvalue weighted by molar-refractivity contribution is 1.13. The highest BCUT2D eigenvalue weighted by molar-refractivity contribution is 7.06. The molecule has 8 aliphatic rings. The minimum Gasteiger partial charge on any atom is -0.349 e. The van der Waals surface area contributed by atoms with Gasteiger partial charge in [0.25, 0.3) is 13.4 Å². The summed E-state index contributed by atoms with van der Waals surface area (Å²) in [5.74, 6) is 0. The number of hydrogen-bond donors (Lipinski definition) is 0. The van der Waals surface area contributed by atoms with Gasteiger partial charge < -0.3 is 19.6 Å². The van der Waals surface area contributed by atoms with E-state index < -0.39 is 0 Å². The number of anilines is 10. The van der Waals surface area contributed by atoms with E-state index in [1.807, 2.05) is 0 Å². The summed E-state index contributed by atoms with van der Waals surface area (Å²) in [6.07, 6.45) is 1.59. The molecule has 0 atom stereocenters. The average molecular weight is 1160 g/mol. The Morgan fingerprint density at radius 2 is 0.446 bits per heavy atom. The van der Waals surface area contributed by atoms with Crippen LogP contribution in [0.5, 0.6) is 0 Å². The van der Waals surface area contributed by atoms with Crippen molar-refractivity contribution >= 4 is 149 Å². The normalized spacial score (nSPS) is 14.5. The third-order valence-electron chi connectivity index (χ3n) is 22.1. The molecular formula is C84H52B4N4. The lowest BCUT2D eigenvalue weighted by Crippen LogP contribution is -2.73. The van der Waals surface area contributed by atoms with Crippen molar-refractivity contribution in [2.24, 2.45) is 0 Å². The first-order valence-corrected chi connectivity index (χ1v) is 32.7. The molecule has 8 aliphatic heterocycles. The molecule has 0 fully saturated rings. The van der Waals surface area contributed by atoms with E-state index in [1.165, 1.54) is 189 Å². The fourth-order valence-corrected chi connectivity index (χ4v) is 18.4. The monoisotopic (exact) mass is 1160 g/mol. The van der Waals surface area contributed by atoms with E-state index in [-0.39, 0.29) is 26.9 Å². The van der Waals surface area contributed by atoms with Crippen molar-refractivity contribution in [3.8, 4) is 66.8 Å². The number of hydrogen-bond acceptors (Lipinski definition) is 4. The van der Waals surface area contributed by atoms with Crippen LogP contribution in [0.25, 0.3) is 77.5 Å². The molecule has 0 aliphatic carbocycles. The Balaban J connectivity index is 0.931. The summed E-state index contributed by atoms with van der Waals surface area (Å²) in [5.41, 5.74) is 42.1. The zero-order chi connectivity index (χ0) is 59.6. The third kappa shape index (κ3) is 6.50.